The minimum Gasteiger partial charge on any atom is -0.496 e. The van der Waals surface area contributed by atoms with Crippen molar-refractivity contribution in [1.82, 2.24) is 5.32 Å². The molecule has 1 aromatic carbocycles. The standard InChI is InChI=1S/C14H19NO3/c1-15-9-5-4-6-11-7-8-12(14(16)18-3)10-13(11)17-2/h4,6-8,10,15H,5,9H2,1-3H3. The zero-order chi connectivity index (χ0) is 13.4. The van der Waals surface area contributed by atoms with Crippen molar-refractivity contribution in [3.63, 3.8) is 0 Å². The van der Waals surface area contributed by atoms with Crippen LogP contribution in [0.1, 0.15) is 22.3 Å². The highest BCUT2D eigenvalue weighted by atomic mass is 16.5. The van der Waals surface area contributed by atoms with Crippen LogP contribution >= 0.6 is 0 Å². The average molecular weight is 249 g/mol. The summed E-state index contributed by atoms with van der Waals surface area (Å²) in [7, 11) is 4.86. The molecule has 0 aromatic heterocycles. The first-order chi connectivity index (χ1) is 8.72. The van der Waals surface area contributed by atoms with Gasteiger partial charge in [-0.15, -0.1) is 0 Å². The number of carbonyl (C=O) groups is 1. The summed E-state index contributed by atoms with van der Waals surface area (Å²) in [6.07, 6.45) is 4.99. The lowest BCUT2D eigenvalue weighted by molar-refractivity contribution is 0.0600. The quantitative estimate of drug-likeness (QED) is 0.619. The van der Waals surface area contributed by atoms with Crippen molar-refractivity contribution in [1.29, 1.82) is 0 Å². The topological polar surface area (TPSA) is 47.6 Å². The predicted octanol–water partition coefficient (Wildman–Crippen LogP) is 2.10. The Kier molecular flexibility index (Phi) is 5.94. The van der Waals surface area contributed by atoms with Crippen LogP contribution in [0.5, 0.6) is 5.75 Å². The fourth-order valence-electron chi connectivity index (χ4n) is 1.53. The van der Waals surface area contributed by atoms with Crippen molar-refractivity contribution in [2.75, 3.05) is 27.8 Å². The molecule has 0 radical (unpaired) electrons. The molecule has 0 aliphatic carbocycles. The van der Waals surface area contributed by atoms with Crippen molar-refractivity contribution in [2.45, 2.75) is 6.42 Å². The molecule has 0 spiro atoms. The van der Waals surface area contributed by atoms with Gasteiger partial charge in [-0.3, -0.25) is 0 Å². The maximum atomic E-state index is 11.4. The number of hydrogen-bond donors (Lipinski definition) is 1. The lowest BCUT2D eigenvalue weighted by Gasteiger charge is -2.07. The van der Waals surface area contributed by atoms with Crippen molar-refractivity contribution >= 4 is 12.0 Å². The third kappa shape index (κ3) is 3.89. The molecule has 1 aromatic rings. The second kappa shape index (κ2) is 7.50. The van der Waals surface area contributed by atoms with Gasteiger partial charge in [-0.1, -0.05) is 18.2 Å². The molecule has 18 heavy (non-hydrogen) atoms. The molecular formula is C14H19NO3. The van der Waals surface area contributed by atoms with Crippen LogP contribution in [0, 0.1) is 0 Å². The summed E-state index contributed by atoms with van der Waals surface area (Å²) in [4.78, 5) is 11.4. The summed E-state index contributed by atoms with van der Waals surface area (Å²) in [5.74, 6) is 0.303. The van der Waals surface area contributed by atoms with Gasteiger partial charge in [0, 0.05) is 5.56 Å². The fourth-order valence-corrected chi connectivity index (χ4v) is 1.53. The Balaban J connectivity index is 2.86. The van der Waals surface area contributed by atoms with Gasteiger partial charge >= 0.3 is 5.97 Å². The molecule has 0 aliphatic rings. The summed E-state index contributed by atoms with van der Waals surface area (Å²) in [6, 6.07) is 5.26. The third-order valence-electron chi connectivity index (χ3n) is 2.51. The molecule has 1 N–H and O–H groups in total. The van der Waals surface area contributed by atoms with Gasteiger partial charge in [0.2, 0.25) is 0 Å². The van der Waals surface area contributed by atoms with Gasteiger partial charge in [-0.05, 0) is 32.1 Å². The molecule has 0 atom stereocenters. The van der Waals surface area contributed by atoms with E-state index in [0.29, 0.717) is 11.3 Å². The Morgan fingerprint density at radius 2 is 2.17 bits per heavy atom. The second-order valence-corrected chi connectivity index (χ2v) is 3.74. The Labute approximate surface area is 108 Å². The van der Waals surface area contributed by atoms with Gasteiger partial charge in [0.25, 0.3) is 0 Å². The van der Waals surface area contributed by atoms with Crippen LogP contribution in [0.15, 0.2) is 24.3 Å². The first-order valence-electron chi connectivity index (χ1n) is 5.80. The van der Waals surface area contributed by atoms with Crippen LogP contribution in [-0.4, -0.2) is 33.8 Å². The van der Waals surface area contributed by atoms with E-state index in [2.05, 4.69) is 16.1 Å². The summed E-state index contributed by atoms with van der Waals surface area (Å²) >= 11 is 0. The normalized spacial score (nSPS) is 10.6. The van der Waals surface area contributed by atoms with Crippen LogP contribution in [0.3, 0.4) is 0 Å². The van der Waals surface area contributed by atoms with Crippen LogP contribution in [0.25, 0.3) is 6.08 Å². The highest BCUT2D eigenvalue weighted by Crippen LogP contribution is 2.22. The highest BCUT2D eigenvalue weighted by Gasteiger charge is 2.08. The highest BCUT2D eigenvalue weighted by molar-refractivity contribution is 5.90. The van der Waals surface area contributed by atoms with E-state index in [9.17, 15) is 4.79 Å². The number of methoxy groups -OCH3 is 2. The van der Waals surface area contributed by atoms with Gasteiger partial charge in [0.05, 0.1) is 19.8 Å². The molecule has 0 bridgehead atoms. The lowest BCUT2D eigenvalue weighted by atomic mass is 10.1. The van der Waals surface area contributed by atoms with Crippen molar-refractivity contribution in [3.05, 3.63) is 35.4 Å². The molecule has 4 heteroatoms. The van der Waals surface area contributed by atoms with E-state index in [4.69, 9.17) is 4.74 Å². The lowest BCUT2D eigenvalue weighted by Crippen LogP contribution is -2.05. The third-order valence-corrected chi connectivity index (χ3v) is 2.51. The van der Waals surface area contributed by atoms with Crippen molar-refractivity contribution in [2.24, 2.45) is 0 Å². The Morgan fingerprint density at radius 1 is 1.39 bits per heavy atom. The minimum absolute atomic E-state index is 0.362. The molecule has 0 heterocycles. The first kappa shape index (κ1) is 14.3. The molecule has 0 fully saturated rings. The van der Waals surface area contributed by atoms with E-state index in [-0.39, 0.29) is 5.97 Å². The van der Waals surface area contributed by atoms with E-state index < -0.39 is 0 Å². The van der Waals surface area contributed by atoms with Gasteiger partial charge < -0.3 is 14.8 Å². The maximum Gasteiger partial charge on any atom is 0.337 e. The second-order valence-electron chi connectivity index (χ2n) is 3.74. The summed E-state index contributed by atoms with van der Waals surface area (Å²) in [5, 5.41) is 3.07. The fraction of sp³-hybridized carbons (Fsp3) is 0.357. The van der Waals surface area contributed by atoms with Gasteiger partial charge in [0.15, 0.2) is 0 Å². The van der Waals surface area contributed by atoms with Crippen LogP contribution < -0.4 is 10.1 Å². The van der Waals surface area contributed by atoms with Gasteiger partial charge in [-0.25, -0.2) is 4.79 Å². The number of benzene rings is 1. The average Bonchev–Trinajstić information content (AvgIpc) is 2.42. The predicted molar refractivity (Wildman–Crippen MR) is 71.9 cm³/mol. The number of esters is 1. The Bertz CT molecular complexity index is 427. The number of ether oxygens (including phenoxy) is 2. The largest absolute Gasteiger partial charge is 0.496 e. The molecule has 0 unspecified atom stereocenters. The van der Waals surface area contributed by atoms with Gasteiger partial charge in [0.1, 0.15) is 5.75 Å². The first-order valence-corrected chi connectivity index (χ1v) is 5.80. The Hall–Kier alpha value is -1.81. The Morgan fingerprint density at radius 3 is 2.78 bits per heavy atom. The van der Waals surface area contributed by atoms with E-state index >= 15 is 0 Å². The zero-order valence-electron chi connectivity index (χ0n) is 11.0. The molecule has 0 saturated carbocycles. The van der Waals surface area contributed by atoms with Gasteiger partial charge in [-0.2, -0.15) is 0 Å². The monoisotopic (exact) mass is 249 g/mol. The number of hydrogen-bond acceptors (Lipinski definition) is 4. The van der Waals surface area contributed by atoms with Crippen molar-refractivity contribution in [3.8, 4) is 5.75 Å². The van der Waals surface area contributed by atoms with Crippen LogP contribution in [0.2, 0.25) is 0 Å². The zero-order valence-corrected chi connectivity index (χ0v) is 11.0. The number of rotatable bonds is 6. The van der Waals surface area contributed by atoms with E-state index in [1.54, 1.807) is 19.2 Å². The minimum atomic E-state index is -0.362. The number of carbonyl (C=O) groups excluding carboxylic acids is 1. The molecule has 1 rings (SSSR count). The molecule has 4 nitrogen and oxygen atoms in total. The van der Waals surface area contributed by atoms with Crippen LogP contribution in [0.4, 0.5) is 0 Å². The summed E-state index contributed by atoms with van der Waals surface area (Å²) in [5.41, 5.74) is 1.43. The summed E-state index contributed by atoms with van der Waals surface area (Å²) in [6.45, 7) is 0.930. The molecule has 0 aliphatic heterocycles. The van der Waals surface area contributed by atoms with Crippen LogP contribution in [-0.2, 0) is 4.74 Å². The van der Waals surface area contributed by atoms with E-state index in [1.807, 2.05) is 19.2 Å². The molecule has 0 saturated heterocycles. The molecule has 98 valence electrons. The van der Waals surface area contributed by atoms with E-state index in [1.165, 1.54) is 7.11 Å². The van der Waals surface area contributed by atoms with E-state index in [0.717, 1.165) is 18.5 Å². The summed E-state index contributed by atoms with van der Waals surface area (Å²) < 4.78 is 9.93. The molecule has 0 amide bonds. The smallest absolute Gasteiger partial charge is 0.337 e. The van der Waals surface area contributed by atoms with Crippen molar-refractivity contribution < 1.29 is 14.3 Å². The number of nitrogens with one attached hydrogen (secondary N) is 1. The molecular weight excluding hydrogens is 230 g/mol. The SMILES string of the molecule is CNCCC=Cc1ccc(C(=O)OC)cc1OC. The maximum absolute atomic E-state index is 11.4.